The molecule has 0 aliphatic rings. The van der Waals surface area contributed by atoms with Crippen LogP contribution in [-0.4, -0.2) is 27.5 Å². The lowest BCUT2D eigenvalue weighted by Gasteiger charge is -2.08. The standard InChI is InChI=1S/C21H16ClN3O4/c22-16-3-8-19(9-4-16)29-12-11-28-18-6-1-15(2-7-18)20-14-24-13-17(25(26)27)5-10-21(24)23-20/h1-10,13-14H,11-12H2. The molecule has 2 heterocycles. The summed E-state index contributed by atoms with van der Waals surface area (Å²) in [4.78, 5) is 15.0. The van der Waals surface area contributed by atoms with Crippen LogP contribution < -0.4 is 9.47 Å². The van der Waals surface area contributed by atoms with Crippen molar-refractivity contribution in [1.29, 1.82) is 0 Å². The molecule has 0 bridgehead atoms. The Labute approximate surface area is 171 Å². The van der Waals surface area contributed by atoms with Crippen molar-refractivity contribution >= 4 is 22.9 Å². The molecule has 0 spiro atoms. The summed E-state index contributed by atoms with van der Waals surface area (Å²) in [5.74, 6) is 1.45. The molecule has 2 aromatic carbocycles. The summed E-state index contributed by atoms with van der Waals surface area (Å²) in [7, 11) is 0. The van der Waals surface area contributed by atoms with E-state index in [-0.39, 0.29) is 5.69 Å². The molecule has 4 rings (SSSR count). The normalized spacial score (nSPS) is 10.8. The third-order valence-electron chi connectivity index (χ3n) is 4.23. The molecule has 0 radical (unpaired) electrons. The number of rotatable bonds is 7. The highest BCUT2D eigenvalue weighted by molar-refractivity contribution is 6.30. The molecule has 4 aromatic rings. The quantitative estimate of drug-likeness (QED) is 0.243. The number of fused-ring (bicyclic) bond motifs is 1. The highest BCUT2D eigenvalue weighted by Gasteiger charge is 2.09. The first-order chi connectivity index (χ1) is 14.1. The molecule has 0 atom stereocenters. The van der Waals surface area contributed by atoms with Gasteiger partial charge in [0.15, 0.2) is 0 Å². The van der Waals surface area contributed by atoms with Crippen LogP contribution in [0.5, 0.6) is 11.5 Å². The maximum Gasteiger partial charge on any atom is 0.286 e. The van der Waals surface area contributed by atoms with Crippen LogP contribution in [0.4, 0.5) is 5.69 Å². The van der Waals surface area contributed by atoms with E-state index in [1.807, 2.05) is 24.3 Å². The van der Waals surface area contributed by atoms with Gasteiger partial charge < -0.3 is 9.47 Å². The molecular weight excluding hydrogens is 394 g/mol. The van der Waals surface area contributed by atoms with Crippen molar-refractivity contribution in [3.8, 4) is 22.8 Å². The molecular formula is C21H16ClN3O4. The van der Waals surface area contributed by atoms with Crippen LogP contribution >= 0.6 is 11.6 Å². The minimum absolute atomic E-state index is 0.0195. The highest BCUT2D eigenvalue weighted by atomic mass is 35.5. The van der Waals surface area contributed by atoms with Gasteiger partial charge in [0, 0.05) is 22.8 Å². The van der Waals surface area contributed by atoms with Crippen molar-refractivity contribution < 1.29 is 14.4 Å². The number of ether oxygens (including phenoxy) is 2. The summed E-state index contributed by atoms with van der Waals surface area (Å²) in [5.41, 5.74) is 2.28. The van der Waals surface area contributed by atoms with Gasteiger partial charge >= 0.3 is 0 Å². The second kappa shape index (κ2) is 8.20. The first kappa shape index (κ1) is 18.8. The molecule has 0 amide bonds. The van der Waals surface area contributed by atoms with E-state index >= 15 is 0 Å². The van der Waals surface area contributed by atoms with Gasteiger partial charge in [-0.2, -0.15) is 0 Å². The van der Waals surface area contributed by atoms with Crippen molar-refractivity contribution in [2.24, 2.45) is 0 Å². The van der Waals surface area contributed by atoms with Gasteiger partial charge in [0.05, 0.1) is 16.8 Å². The van der Waals surface area contributed by atoms with Gasteiger partial charge in [-0.1, -0.05) is 11.6 Å². The minimum atomic E-state index is -0.429. The van der Waals surface area contributed by atoms with Gasteiger partial charge in [-0.3, -0.25) is 14.5 Å². The van der Waals surface area contributed by atoms with Gasteiger partial charge in [-0.05, 0) is 54.6 Å². The number of nitrogens with zero attached hydrogens (tertiary/aromatic N) is 3. The number of hydrogen-bond donors (Lipinski definition) is 0. The second-order valence-corrected chi connectivity index (χ2v) is 6.65. The van der Waals surface area contributed by atoms with Crippen LogP contribution in [0, 0.1) is 10.1 Å². The third kappa shape index (κ3) is 4.47. The lowest BCUT2D eigenvalue weighted by Crippen LogP contribution is -2.08. The van der Waals surface area contributed by atoms with E-state index in [0.29, 0.717) is 29.6 Å². The zero-order valence-electron chi connectivity index (χ0n) is 15.2. The maximum absolute atomic E-state index is 10.9. The average Bonchev–Trinajstić information content (AvgIpc) is 3.16. The molecule has 0 saturated carbocycles. The molecule has 0 fully saturated rings. The van der Waals surface area contributed by atoms with Crippen molar-refractivity contribution in [1.82, 2.24) is 9.38 Å². The Morgan fingerprint density at radius 3 is 2.14 bits per heavy atom. The monoisotopic (exact) mass is 409 g/mol. The fraction of sp³-hybridized carbons (Fsp3) is 0.0952. The van der Waals surface area contributed by atoms with Gasteiger partial charge in [0.2, 0.25) is 0 Å². The minimum Gasteiger partial charge on any atom is -0.490 e. The van der Waals surface area contributed by atoms with Crippen molar-refractivity contribution in [2.45, 2.75) is 0 Å². The molecule has 0 aliphatic carbocycles. The summed E-state index contributed by atoms with van der Waals surface area (Å²) in [6.07, 6.45) is 3.21. The molecule has 0 N–H and O–H groups in total. The van der Waals surface area contributed by atoms with E-state index in [1.165, 1.54) is 12.3 Å². The Bertz CT molecular complexity index is 1140. The summed E-state index contributed by atoms with van der Waals surface area (Å²) in [6.45, 7) is 0.814. The number of pyridine rings is 1. The summed E-state index contributed by atoms with van der Waals surface area (Å²) in [5, 5.41) is 11.6. The molecule has 2 aromatic heterocycles. The van der Waals surface area contributed by atoms with Crippen molar-refractivity contribution in [3.63, 3.8) is 0 Å². The SMILES string of the molecule is O=[N+]([O-])c1ccc2nc(-c3ccc(OCCOc4ccc(Cl)cc4)cc3)cn2c1. The molecule has 0 aliphatic heterocycles. The Morgan fingerprint density at radius 2 is 1.52 bits per heavy atom. The fourth-order valence-corrected chi connectivity index (χ4v) is 2.92. The molecule has 0 unspecified atom stereocenters. The highest BCUT2D eigenvalue weighted by Crippen LogP contribution is 2.23. The Kier molecular flexibility index (Phi) is 5.31. The topological polar surface area (TPSA) is 78.9 Å². The van der Waals surface area contributed by atoms with Crippen LogP contribution in [0.1, 0.15) is 0 Å². The number of benzene rings is 2. The Hall–Kier alpha value is -3.58. The van der Waals surface area contributed by atoms with Crippen LogP contribution in [0.15, 0.2) is 73.1 Å². The van der Waals surface area contributed by atoms with E-state index in [4.69, 9.17) is 21.1 Å². The van der Waals surface area contributed by atoms with Gasteiger partial charge in [-0.25, -0.2) is 4.98 Å². The van der Waals surface area contributed by atoms with Crippen molar-refractivity contribution in [2.75, 3.05) is 13.2 Å². The predicted molar refractivity (Wildman–Crippen MR) is 110 cm³/mol. The van der Waals surface area contributed by atoms with Crippen LogP contribution in [0.3, 0.4) is 0 Å². The largest absolute Gasteiger partial charge is 0.490 e. The van der Waals surface area contributed by atoms with E-state index in [1.54, 1.807) is 40.9 Å². The summed E-state index contributed by atoms with van der Waals surface area (Å²) in [6, 6.07) is 17.7. The van der Waals surface area contributed by atoms with Gasteiger partial charge in [0.25, 0.3) is 5.69 Å². The molecule has 8 heteroatoms. The van der Waals surface area contributed by atoms with Gasteiger partial charge in [0.1, 0.15) is 30.4 Å². The van der Waals surface area contributed by atoms with E-state index in [2.05, 4.69) is 4.98 Å². The first-order valence-corrected chi connectivity index (χ1v) is 9.21. The lowest BCUT2D eigenvalue weighted by molar-refractivity contribution is -0.385. The van der Waals surface area contributed by atoms with Crippen LogP contribution in [-0.2, 0) is 0 Å². The fourth-order valence-electron chi connectivity index (χ4n) is 2.80. The lowest BCUT2D eigenvalue weighted by atomic mass is 10.2. The predicted octanol–water partition coefficient (Wildman–Crippen LogP) is 5.02. The van der Waals surface area contributed by atoms with E-state index < -0.39 is 4.92 Å². The van der Waals surface area contributed by atoms with Gasteiger partial charge in [-0.15, -0.1) is 0 Å². The molecule has 0 saturated heterocycles. The number of aromatic nitrogens is 2. The number of nitro groups is 1. The Balaban J connectivity index is 1.36. The molecule has 29 heavy (non-hydrogen) atoms. The molecule has 146 valence electrons. The maximum atomic E-state index is 10.9. The number of halogens is 1. The molecule has 7 nitrogen and oxygen atoms in total. The van der Waals surface area contributed by atoms with E-state index in [9.17, 15) is 10.1 Å². The summed E-state index contributed by atoms with van der Waals surface area (Å²) < 4.78 is 12.9. The van der Waals surface area contributed by atoms with E-state index in [0.717, 1.165) is 17.0 Å². The zero-order chi connectivity index (χ0) is 20.2. The van der Waals surface area contributed by atoms with Crippen molar-refractivity contribution in [3.05, 3.63) is 88.2 Å². The third-order valence-corrected chi connectivity index (χ3v) is 4.48. The first-order valence-electron chi connectivity index (χ1n) is 8.83. The van der Waals surface area contributed by atoms with Crippen LogP contribution in [0.2, 0.25) is 5.02 Å². The number of imidazole rings is 1. The number of hydrogen-bond acceptors (Lipinski definition) is 5. The Morgan fingerprint density at radius 1 is 0.897 bits per heavy atom. The zero-order valence-corrected chi connectivity index (χ0v) is 16.0. The smallest absolute Gasteiger partial charge is 0.286 e. The average molecular weight is 410 g/mol. The summed E-state index contributed by atoms with van der Waals surface area (Å²) >= 11 is 5.84. The van der Waals surface area contributed by atoms with Crippen LogP contribution in [0.25, 0.3) is 16.9 Å². The second-order valence-electron chi connectivity index (χ2n) is 6.21.